The van der Waals surface area contributed by atoms with Crippen molar-refractivity contribution in [2.24, 2.45) is 0 Å². The van der Waals surface area contributed by atoms with Gasteiger partial charge in [-0.05, 0) is 24.3 Å². The van der Waals surface area contributed by atoms with Gasteiger partial charge in [0.05, 0.1) is 5.69 Å². The van der Waals surface area contributed by atoms with E-state index in [2.05, 4.69) is 5.43 Å². The third-order valence-corrected chi connectivity index (χ3v) is 2.47. The Hall–Kier alpha value is -1.43. The Morgan fingerprint density at radius 1 is 1.31 bits per heavy atom. The Morgan fingerprint density at radius 3 is 2.44 bits per heavy atom. The van der Waals surface area contributed by atoms with E-state index in [-0.39, 0.29) is 0 Å². The SMILES string of the molecule is COC1NN(c2ccc(Cl)cc2)C(=O)C1=O. The third kappa shape index (κ3) is 1.80. The fraction of sp³-hybridized carbons (Fsp3) is 0.200. The fourth-order valence-corrected chi connectivity index (χ4v) is 1.52. The molecule has 1 unspecified atom stereocenters. The molecule has 0 bridgehead atoms. The van der Waals surface area contributed by atoms with Crippen molar-refractivity contribution in [1.82, 2.24) is 5.43 Å². The van der Waals surface area contributed by atoms with Crippen LogP contribution in [0.4, 0.5) is 5.69 Å². The van der Waals surface area contributed by atoms with E-state index >= 15 is 0 Å². The lowest BCUT2D eigenvalue weighted by Gasteiger charge is -2.15. The number of hydrogen-bond donors (Lipinski definition) is 1. The quantitative estimate of drug-likeness (QED) is 0.775. The summed E-state index contributed by atoms with van der Waals surface area (Å²) in [5.74, 6) is -1.26. The molecule has 1 heterocycles. The van der Waals surface area contributed by atoms with Crippen molar-refractivity contribution in [3.63, 3.8) is 0 Å². The molecule has 6 heteroatoms. The van der Waals surface area contributed by atoms with E-state index in [1.54, 1.807) is 24.3 Å². The molecule has 1 aliphatic heterocycles. The number of carbonyl (C=O) groups excluding carboxylic acids is 2. The van der Waals surface area contributed by atoms with Crippen LogP contribution in [0, 0.1) is 0 Å². The zero-order chi connectivity index (χ0) is 11.7. The number of methoxy groups -OCH3 is 1. The minimum Gasteiger partial charge on any atom is -0.357 e. The number of ketones is 1. The number of hydrogen-bond acceptors (Lipinski definition) is 4. The van der Waals surface area contributed by atoms with Crippen molar-refractivity contribution in [2.75, 3.05) is 12.1 Å². The topological polar surface area (TPSA) is 58.6 Å². The number of rotatable bonds is 2. The smallest absolute Gasteiger partial charge is 0.313 e. The lowest BCUT2D eigenvalue weighted by Crippen LogP contribution is -2.38. The van der Waals surface area contributed by atoms with Crippen LogP contribution < -0.4 is 10.4 Å². The largest absolute Gasteiger partial charge is 0.357 e. The summed E-state index contributed by atoms with van der Waals surface area (Å²) in [6.07, 6.45) is -0.914. The van der Waals surface area contributed by atoms with Gasteiger partial charge in [0.2, 0.25) is 0 Å². The van der Waals surface area contributed by atoms with Gasteiger partial charge in [0.25, 0.3) is 5.78 Å². The molecule has 1 N–H and O–H groups in total. The first kappa shape index (κ1) is 11.1. The molecule has 16 heavy (non-hydrogen) atoms. The third-order valence-electron chi connectivity index (χ3n) is 2.22. The van der Waals surface area contributed by atoms with Crippen molar-refractivity contribution in [3.8, 4) is 0 Å². The second-order valence-corrected chi connectivity index (χ2v) is 3.66. The van der Waals surface area contributed by atoms with E-state index in [1.165, 1.54) is 7.11 Å². The van der Waals surface area contributed by atoms with Gasteiger partial charge in [-0.15, -0.1) is 0 Å². The predicted molar refractivity (Wildman–Crippen MR) is 57.9 cm³/mol. The van der Waals surface area contributed by atoms with Gasteiger partial charge in [-0.1, -0.05) is 11.6 Å². The molecule has 1 fully saturated rings. The van der Waals surface area contributed by atoms with Crippen LogP contribution in [0.15, 0.2) is 24.3 Å². The standard InChI is InChI=1S/C10H9ClN2O3/c1-16-9-8(14)10(15)13(12-9)7-4-2-6(11)3-5-7/h2-5,9,12H,1H3. The zero-order valence-corrected chi connectivity index (χ0v) is 9.19. The Balaban J connectivity index is 2.26. The number of nitrogens with zero attached hydrogens (tertiary/aromatic N) is 1. The van der Waals surface area contributed by atoms with Crippen molar-refractivity contribution in [2.45, 2.75) is 6.23 Å². The average molecular weight is 241 g/mol. The summed E-state index contributed by atoms with van der Waals surface area (Å²) < 4.78 is 4.82. The Bertz CT molecular complexity index is 432. The van der Waals surface area contributed by atoms with Crippen LogP contribution in [0.2, 0.25) is 5.02 Å². The molecule has 0 aromatic heterocycles. The maximum Gasteiger partial charge on any atom is 0.313 e. The van der Waals surface area contributed by atoms with Crippen molar-refractivity contribution < 1.29 is 14.3 Å². The van der Waals surface area contributed by atoms with Gasteiger partial charge >= 0.3 is 5.91 Å². The summed E-state index contributed by atoms with van der Waals surface area (Å²) in [7, 11) is 1.36. The first-order chi connectivity index (χ1) is 7.63. The maximum atomic E-state index is 11.6. The van der Waals surface area contributed by atoms with Gasteiger partial charge < -0.3 is 4.74 Å². The van der Waals surface area contributed by atoms with Crippen LogP contribution in [0.3, 0.4) is 0 Å². The van der Waals surface area contributed by atoms with Gasteiger partial charge in [0.1, 0.15) is 0 Å². The second kappa shape index (κ2) is 4.21. The number of Topliss-reactive ketones (excluding diaryl/α,β-unsaturated/α-hetero) is 1. The molecule has 0 aliphatic carbocycles. The Labute approximate surface area is 96.9 Å². The van der Waals surface area contributed by atoms with E-state index in [9.17, 15) is 9.59 Å². The number of carbonyl (C=O) groups is 2. The summed E-state index contributed by atoms with van der Waals surface area (Å²) in [6, 6.07) is 6.55. The molecule has 1 aliphatic rings. The monoisotopic (exact) mass is 240 g/mol. The molecule has 5 nitrogen and oxygen atoms in total. The van der Waals surface area contributed by atoms with E-state index in [0.29, 0.717) is 10.7 Å². The summed E-state index contributed by atoms with van der Waals surface area (Å²) in [5.41, 5.74) is 3.19. The summed E-state index contributed by atoms with van der Waals surface area (Å²) >= 11 is 5.72. The zero-order valence-electron chi connectivity index (χ0n) is 8.44. The molecule has 0 saturated carbocycles. The van der Waals surface area contributed by atoms with Gasteiger partial charge in [0, 0.05) is 12.1 Å². The number of ether oxygens (including phenoxy) is 1. The molecule has 0 spiro atoms. The van der Waals surface area contributed by atoms with Crippen LogP contribution >= 0.6 is 11.6 Å². The van der Waals surface area contributed by atoms with Gasteiger partial charge in [0.15, 0.2) is 6.23 Å². The van der Waals surface area contributed by atoms with Crippen molar-refractivity contribution in [1.29, 1.82) is 0 Å². The van der Waals surface area contributed by atoms with Crippen LogP contribution in [0.1, 0.15) is 0 Å². The first-order valence-corrected chi connectivity index (χ1v) is 4.94. The minimum atomic E-state index is -0.914. The number of nitrogens with one attached hydrogen (secondary N) is 1. The number of hydrazine groups is 1. The maximum absolute atomic E-state index is 11.6. The Morgan fingerprint density at radius 2 is 1.94 bits per heavy atom. The van der Waals surface area contributed by atoms with Crippen LogP contribution in [0.5, 0.6) is 0 Å². The number of amides is 1. The van der Waals surface area contributed by atoms with Gasteiger partial charge in [-0.2, -0.15) is 5.43 Å². The molecule has 1 saturated heterocycles. The van der Waals surface area contributed by atoms with E-state index in [1.807, 2.05) is 0 Å². The predicted octanol–water partition coefficient (Wildman–Crippen LogP) is 0.733. The highest BCUT2D eigenvalue weighted by molar-refractivity contribution is 6.44. The van der Waals surface area contributed by atoms with Gasteiger partial charge in [-0.25, -0.2) is 5.01 Å². The molecule has 1 amide bonds. The first-order valence-electron chi connectivity index (χ1n) is 4.56. The van der Waals surface area contributed by atoms with E-state index in [0.717, 1.165) is 5.01 Å². The molecule has 2 rings (SSSR count). The molecule has 84 valence electrons. The van der Waals surface area contributed by atoms with E-state index < -0.39 is 17.9 Å². The molecule has 1 aromatic carbocycles. The number of benzene rings is 1. The molecular weight excluding hydrogens is 232 g/mol. The second-order valence-electron chi connectivity index (χ2n) is 3.23. The van der Waals surface area contributed by atoms with Crippen LogP contribution in [-0.2, 0) is 14.3 Å². The van der Waals surface area contributed by atoms with Crippen LogP contribution in [-0.4, -0.2) is 25.0 Å². The molecular formula is C10H9ClN2O3. The summed E-state index contributed by atoms with van der Waals surface area (Å²) in [5, 5.41) is 1.71. The fourth-order valence-electron chi connectivity index (χ4n) is 1.40. The molecule has 1 aromatic rings. The molecule has 1 atom stereocenters. The number of anilines is 1. The highest BCUT2D eigenvalue weighted by atomic mass is 35.5. The summed E-state index contributed by atoms with van der Waals surface area (Å²) in [6.45, 7) is 0. The highest BCUT2D eigenvalue weighted by Gasteiger charge is 2.39. The normalized spacial score (nSPS) is 20.6. The van der Waals surface area contributed by atoms with Crippen molar-refractivity contribution in [3.05, 3.63) is 29.3 Å². The lowest BCUT2D eigenvalue weighted by atomic mass is 10.3. The van der Waals surface area contributed by atoms with Crippen molar-refractivity contribution >= 4 is 29.0 Å². The summed E-state index contributed by atoms with van der Waals surface area (Å²) in [4.78, 5) is 22.9. The van der Waals surface area contributed by atoms with E-state index in [4.69, 9.17) is 16.3 Å². The molecule has 0 radical (unpaired) electrons. The Kier molecular flexibility index (Phi) is 2.91. The van der Waals surface area contributed by atoms with Gasteiger partial charge in [-0.3, -0.25) is 9.59 Å². The minimum absolute atomic E-state index is 0.544. The number of halogens is 1. The highest BCUT2D eigenvalue weighted by Crippen LogP contribution is 2.20. The average Bonchev–Trinajstić information content (AvgIpc) is 2.57. The lowest BCUT2D eigenvalue weighted by molar-refractivity contribution is -0.138. The van der Waals surface area contributed by atoms with Crippen LogP contribution in [0.25, 0.3) is 0 Å².